The van der Waals surface area contributed by atoms with Gasteiger partial charge < -0.3 is 5.32 Å². The van der Waals surface area contributed by atoms with Crippen LogP contribution in [-0.2, 0) is 6.54 Å². The highest BCUT2D eigenvalue weighted by molar-refractivity contribution is 7.10. The van der Waals surface area contributed by atoms with Gasteiger partial charge in [0.15, 0.2) is 0 Å². The quantitative estimate of drug-likeness (QED) is 0.889. The number of nitrogens with zero attached hydrogens (tertiary/aromatic N) is 1. The van der Waals surface area contributed by atoms with Crippen molar-refractivity contribution >= 4 is 22.9 Å². The second kappa shape index (κ2) is 4.23. The first-order valence-electron chi connectivity index (χ1n) is 6.26. The average molecular weight is 271 g/mol. The van der Waals surface area contributed by atoms with E-state index in [1.54, 1.807) is 11.3 Å². The van der Waals surface area contributed by atoms with Crippen molar-refractivity contribution in [1.82, 2.24) is 10.2 Å². The lowest BCUT2D eigenvalue weighted by molar-refractivity contribution is 0.133. The standard InChI is InChI=1S/C13H19ClN2S/c1-13(2)12-5-15-4-9(12)6-16(13)7-11-3-10(14)8-17-11/h3,8-9,12,15H,4-7H2,1-2H3. The molecule has 2 aliphatic heterocycles. The molecule has 3 rings (SSSR count). The van der Waals surface area contributed by atoms with Gasteiger partial charge in [-0.25, -0.2) is 0 Å². The minimum Gasteiger partial charge on any atom is -0.316 e. The molecule has 0 aliphatic carbocycles. The highest BCUT2D eigenvalue weighted by Gasteiger charge is 2.49. The zero-order valence-corrected chi connectivity index (χ0v) is 11.9. The third-order valence-electron chi connectivity index (χ3n) is 4.49. The van der Waals surface area contributed by atoms with E-state index in [2.05, 4.69) is 30.1 Å². The summed E-state index contributed by atoms with van der Waals surface area (Å²) < 4.78 is 0. The van der Waals surface area contributed by atoms with Crippen LogP contribution in [0.4, 0.5) is 0 Å². The molecular formula is C13H19ClN2S. The van der Waals surface area contributed by atoms with Gasteiger partial charge in [-0.05, 0) is 38.3 Å². The van der Waals surface area contributed by atoms with Gasteiger partial charge in [0.05, 0.1) is 5.02 Å². The molecule has 2 atom stereocenters. The van der Waals surface area contributed by atoms with Crippen molar-refractivity contribution in [2.24, 2.45) is 11.8 Å². The summed E-state index contributed by atoms with van der Waals surface area (Å²) in [4.78, 5) is 4.02. The van der Waals surface area contributed by atoms with Crippen molar-refractivity contribution in [3.8, 4) is 0 Å². The summed E-state index contributed by atoms with van der Waals surface area (Å²) in [5, 5.41) is 6.43. The van der Waals surface area contributed by atoms with E-state index >= 15 is 0 Å². The third-order valence-corrected chi connectivity index (χ3v) is 5.75. The number of thiophene rings is 1. The molecule has 2 nitrogen and oxygen atoms in total. The second-order valence-electron chi connectivity index (χ2n) is 5.79. The van der Waals surface area contributed by atoms with E-state index in [1.807, 2.05) is 5.38 Å². The molecular weight excluding hydrogens is 252 g/mol. The first-order chi connectivity index (χ1) is 8.07. The lowest BCUT2D eigenvalue weighted by Crippen LogP contribution is -2.43. The summed E-state index contributed by atoms with van der Waals surface area (Å²) in [5.74, 6) is 1.64. The van der Waals surface area contributed by atoms with Crippen LogP contribution in [0.2, 0.25) is 5.02 Å². The van der Waals surface area contributed by atoms with Crippen LogP contribution in [0.25, 0.3) is 0 Å². The van der Waals surface area contributed by atoms with Crippen LogP contribution < -0.4 is 5.32 Å². The normalized spacial score (nSPS) is 31.9. The van der Waals surface area contributed by atoms with Gasteiger partial charge in [0.25, 0.3) is 0 Å². The monoisotopic (exact) mass is 270 g/mol. The summed E-state index contributed by atoms with van der Waals surface area (Å²) in [6.07, 6.45) is 0. The summed E-state index contributed by atoms with van der Waals surface area (Å²) >= 11 is 7.77. The van der Waals surface area contributed by atoms with Gasteiger partial charge in [0.1, 0.15) is 0 Å². The molecule has 1 aromatic heterocycles. The minimum absolute atomic E-state index is 0.310. The van der Waals surface area contributed by atoms with Gasteiger partial charge in [-0.2, -0.15) is 0 Å². The number of hydrogen-bond donors (Lipinski definition) is 1. The van der Waals surface area contributed by atoms with E-state index in [9.17, 15) is 0 Å². The Balaban J connectivity index is 1.76. The van der Waals surface area contributed by atoms with Crippen molar-refractivity contribution < 1.29 is 0 Å². The molecule has 0 saturated carbocycles. The molecule has 3 heterocycles. The third kappa shape index (κ3) is 2.03. The van der Waals surface area contributed by atoms with Crippen molar-refractivity contribution in [3.05, 3.63) is 21.3 Å². The molecule has 2 saturated heterocycles. The van der Waals surface area contributed by atoms with E-state index in [-0.39, 0.29) is 0 Å². The molecule has 94 valence electrons. The Labute approximate surface area is 112 Å². The maximum atomic E-state index is 5.99. The summed E-state index contributed by atoms with van der Waals surface area (Å²) in [7, 11) is 0. The van der Waals surface area contributed by atoms with Gasteiger partial charge >= 0.3 is 0 Å². The molecule has 1 N–H and O–H groups in total. The predicted molar refractivity (Wildman–Crippen MR) is 73.7 cm³/mol. The van der Waals surface area contributed by atoms with Crippen LogP contribution in [0, 0.1) is 11.8 Å². The molecule has 4 heteroatoms. The molecule has 2 unspecified atom stereocenters. The Bertz CT molecular complexity index is 415. The van der Waals surface area contributed by atoms with Crippen molar-refractivity contribution in [3.63, 3.8) is 0 Å². The lowest BCUT2D eigenvalue weighted by atomic mass is 9.85. The Morgan fingerprint density at radius 1 is 1.53 bits per heavy atom. The largest absolute Gasteiger partial charge is 0.316 e. The molecule has 2 aliphatic rings. The first-order valence-corrected chi connectivity index (χ1v) is 7.52. The number of halogens is 1. The van der Waals surface area contributed by atoms with Gasteiger partial charge in [0.2, 0.25) is 0 Å². The predicted octanol–water partition coefficient (Wildman–Crippen LogP) is 2.83. The fourth-order valence-corrected chi connectivity index (χ4v) is 4.48. The highest BCUT2D eigenvalue weighted by Crippen LogP contribution is 2.41. The van der Waals surface area contributed by atoms with E-state index < -0.39 is 0 Å². The Kier molecular flexibility index (Phi) is 2.98. The Morgan fingerprint density at radius 2 is 2.35 bits per heavy atom. The van der Waals surface area contributed by atoms with Gasteiger partial charge in [-0.3, -0.25) is 4.90 Å². The fraction of sp³-hybridized carbons (Fsp3) is 0.692. The molecule has 0 aromatic carbocycles. The van der Waals surface area contributed by atoms with Gasteiger partial charge in [-0.15, -0.1) is 11.3 Å². The molecule has 17 heavy (non-hydrogen) atoms. The van der Waals surface area contributed by atoms with E-state index in [0.29, 0.717) is 5.54 Å². The number of rotatable bonds is 2. The molecule has 0 radical (unpaired) electrons. The van der Waals surface area contributed by atoms with Crippen LogP contribution in [-0.4, -0.2) is 30.1 Å². The fourth-order valence-electron chi connectivity index (χ4n) is 3.40. The number of nitrogens with one attached hydrogen (secondary N) is 1. The van der Waals surface area contributed by atoms with Crippen LogP contribution in [0.15, 0.2) is 11.4 Å². The van der Waals surface area contributed by atoms with Crippen molar-refractivity contribution in [1.29, 1.82) is 0 Å². The minimum atomic E-state index is 0.310. The lowest BCUT2D eigenvalue weighted by Gasteiger charge is -2.35. The molecule has 0 spiro atoms. The zero-order chi connectivity index (χ0) is 12.0. The topological polar surface area (TPSA) is 15.3 Å². The van der Waals surface area contributed by atoms with Gasteiger partial charge in [0, 0.05) is 35.4 Å². The summed E-state index contributed by atoms with van der Waals surface area (Å²) in [6.45, 7) is 9.42. The van der Waals surface area contributed by atoms with E-state index in [4.69, 9.17) is 11.6 Å². The zero-order valence-electron chi connectivity index (χ0n) is 10.4. The van der Waals surface area contributed by atoms with Crippen LogP contribution in [0.1, 0.15) is 18.7 Å². The van der Waals surface area contributed by atoms with Gasteiger partial charge in [-0.1, -0.05) is 11.6 Å². The highest BCUT2D eigenvalue weighted by atomic mass is 35.5. The summed E-state index contributed by atoms with van der Waals surface area (Å²) in [6, 6.07) is 2.11. The maximum Gasteiger partial charge on any atom is 0.0516 e. The smallest absolute Gasteiger partial charge is 0.0516 e. The molecule has 1 aromatic rings. The summed E-state index contributed by atoms with van der Waals surface area (Å²) in [5.41, 5.74) is 0.310. The van der Waals surface area contributed by atoms with Crippen LogP contribution >= 0.6 is 22.9 Å². The first kappa shape index (κ1) is 12.0. The molecule has 0 amide bonds. The molecule has 0 bridgehead atoms. The van der Waals surface area contributed by atoms with Crippen LogP contribution in [0.5, 0.6) is 0 Å². The van der Waals surface area contributed by atoms with E-state index in [0.717, 1.165) is 23.4 Å². The van der Waals surface area contributed by atoms with Crippen molar-refractivity contribution in [2.75, 3.05) is 19.6 Å². The number of likely N-dealkylation sites (tertiary alicyclic amines) is 1. The number of hydrogen-bond acceptors (Lipinski definition) is 3. The average Bonchev–Trinajstić information content (AvgIpc) is 2.90. The Morgan fingerprint density at radius 3 is 3.00 bits per heavy atom. The second-order valence-corrected chi connectivity index (χ2v) is 7.22. The maximum absolute atomic E-state index is 5.99. The molecule has 2 fully saturated rings. The SMILES string of the molecule is CC1(C)C2CNCC2CN1Cc1cc(Cl)cs1. The van der Waals surface area contributed by atoms with Crippen LogP contribution in [0.3, 0.4) is 0 Å². The number of fused-ring (bicyclic) bond motifs is 1. The van der Waals surface area contributed by atoms with E-state index in [1.165, 1.54) is 24.5 Å². The van der Waals surface area contributed by atoms with Crippen molar-refractivity contribution in [2.45, 2.75) is 25.9 Å². The Hall–Kier alpha value is -0.0900.